The molecule has 0 aliphatic carbocycles. The Morgan fingerprint density at radius 1 is 0.789 bits per heavy atom. The van der Waals surface area contributed by atoms with Crippen molar-refractivity contribution in [1.82, 2.24) is 0 Å². The fraction of sp³-hybridized carbons (Fsp3) is 0.833. The van der Waals surface area contributed by atoms with Crippen LogP contribution in [-0.4, -0.2) is 52.0 Å². The van der Waals surface area contributed by atoms with Crippen molar-refractivity contribution in [3.05, 3.63) is 0 Å². The van der Waals surface area contributed by atoms with Gasteiger partial charge in [-0.15, -0.1) is 0 Å². The molecule has 0 unspecified atom stereocenters. The Labute approximate surface area is 111 Å². The average molecular weight is 274 g/mol. The highest BCUT2D eigenvalue weighted by molar-refractivity contribution is 5.91. The fourth-order valence-electron chi connectivity index (χ4n) is 1.84. The maximum Gasteiger partial charge on any atom is 0.324 e. The zero-order valence-electron chi connectivity index (χ0n) is 11.1. The molecule has 0 bridgehead atoms. The Morgan fingerprint density at radius 2 is 1.11 bits per heavy atom. The second-order valence-corrected chi connectivity index (χ2v) is 5.43. The quantitative estimate of drug-likeness (QED) is 0.521. The van der Waals surface area contributed by atoms with E-state index in [-0.39, 0.29) is 40.0 Å². The van der Waals surface area contributed by atoms with Crippen LogP contribution in [0.3, 0.4) is 0 Å². The van der Waals surface area contributed by atoms with Crippen LogP contribution in [0.4, 0.5) is 0 Å². The predicted molar refractivity (Wildman–Crippen MR) is 60.9 cm³/mol. The van der Waals surface area contributed by atoms with Gasteiger partial charge in [-0.25, -0.2) is 0 Å². The molecule has 0 saturated carbocycles. The number of ether oxygens (including phenoxy) is 5. The van der Waals surface area contributed by atoms with Crippen molar-refractivity contribution in [3.8, 4) is 0 Å². The summed E-state index contributed by atoms with van der Waals surface area (Å²) in [4.78, 5) is 24.1. The van der Waals surface area contributed by atoms with E-state index in [2.05, 4.69) is 0 Å². The van der Waals surface area contributed by atoms with Crippen LogP contribution in [0.15, 0.2) is 0 Å². The first kappa shape index (κ1) is 14.4. The van der Waals surface area contributed by atoms with E-state index in [4.69, 9.17) is 23.7 Å². The molecule has 2 aliphatic rings. The van der Waals surface area contributed by atoms with Gasteiger partial charge in [-0.2, -0.15) is 0 Å². The lowest BCUT2D eigenvalue weighted by Gasteiger charge is -2.33. The first-order chi connectivity index (χ1) is 8.96. The summed E-state index contributed by atoms with van der Waals surface area (Å²) in [5, 5.41) is 0. The van der Waals surface area contributed by atoms with Crippen molar-refractivity contribution in [2.24, 2.45) is 10.8 Å². The summed E-state index contributed by atoms with van der Waals surface area (Å²) < 4.78 is 25.2. The first-order valence-electron chi connectivity index (χ1n) is 6.04. The van der Waals surface area contributed by atoms with E-state index in [0.717, 1.165) is 0 Å². The van der Waals surface area contributed by atoms with Crippen LogP contribution in [0.25, 0.3) is 0 Å². The van der Waals surface area contributed by atoms with E-state index >= 15 is 0 Å². The fourth-order valence-corrected chi connectivity index (χ4v) is 1.84. The Kier molecular flexibility index (Phi) is 4.19. The molecule has 19 heavy (non-hydrogen) atoms. The molecule has 7 nitrogen and oxygen atoms in total. The standard InChI is InChI=1S/C12H18O7/c1-11(3-15-7-16-4-11)9(13)19-10(14)12(2)5-17-8-18-6-12/h3-8H2,1-2H3. The molecule has 0 radical (unpaired) electrons. The number of hydrogen-bond donors (Lipinski definition) is 0. The van der Waals surface area contributed by atoms with Gasteiger partial charge < -0.3 is 23.7 Å². The third-order valence-electron chi connectivity index (χ3n) is 3.19. The third kappa shape index (κ3) is 3.11. The van der Waals surface area contributed by atoms with Crippen LogP contribution >= 0.6 is 0 Å². The largest absolute Gasteiger partial charge is 0.392 e. The number of carbonyl (C=O) groups excluding carboxylic acids is 2. The smallest absolute Gasteiger partial charge is 0.324 e. The minimum absolute atomic E-state index is 0.149. The monoisotopic (exact) mass is 274 g/mol. The molecule has 0 aromatic rings. The van der Waals surface area contributed by atoms with Crippen LogP contribution < -0.4 is 0 Å². The second-order valence-electron chi connectivity index (χ2n) is 5.43. The summed E-state index contributed by atoms with van der Waals surface area (Å²) in [7, 11) is 0. The minimum Gasteiger partial charge on any atom is -0.392 e. The van der Waals surface area contributed by atoms with Gasteiger partial charge in [0.25, 0.3) is 0 Å². The highest BCUT2D eigenvalue weighted by Crippen LogP contribution is 2.27. The van der Waals surface area contributed by atoms with Crippen molar-refractivity contribution < 1.29 is 33.3 Å². The maximum absolute atomic E-state index is 12.0. The highest BCUT2D eigenvalue weighted by atomic mass is 16.7. The van der Waals surface area contributed by atoms with Crippen molar-refractivity contribution >= 4 is 11.9 Å². The van der Waals surface area contributed by atoms with Crippen molar-refractivity contribution in [2.45, 2.75) is 13.8 Å². The van der Waals surface area contributed by atoms with Gasteiger partial charge in [-0.3, -0.25) is 9.59 Å². The normalized spacial score (nSPS) is 25.6. The summed E-state index contributed by atoms with van der Waals surface area (Å²) in [6.45, 7) is 4.25. The molecule has 7 heteroatoms. The molecule has 0 aromatic carbocycles. The number of hydrogen-bond acceptors (Lipinski definition) is 7. The van der Waals surface area contributed by atoms with Gasteiger partial charge in [-0.1, -0.05) is 0 Å². The lowest BCUT2D eigenvalue weighted by atomic mass is 9.90. The van der Waals surface area contributed by atoms with Crippen LogP contribution in [0.5, 0.6) is 0 Å². The minimum atomic E-state index is -0.958. The lowest BCUT2D eigenvalue weighted by molar-refractivity contribution is -0.207. The molecular formula is C12H18O7. The van der Waals surface area contributed by atoms with E-state index in [1.165, 1.54) is 0 Å². The number of esters is 2. The molecule has 0 spiro atoms. The second kappa shape index (κ2) is 5.54. The summed E-state index contributed by atoms with van der Waals surface area (Å²) in [6, 6.07) is 0. The summed E-state index contributed by atoms with van der Waals surface area (Å²) >= 11 is 0. The molecule has 2 fully saturated rings. The van der Waals surface area contributed by atoms with Crippen LogP contribution in [0, 0.1) is 10.8 Å². The van der Waals surface area contributed by atoms with E-state index < -0.39 is 22.8 Å². The molecule has 108 valence electrons. The third-order valence-corrected chi connectivity index (χ3v) is 3.19. The Bertz CT molecular complexity index is 319. The highest BCUT2D eigenvalue weighted by Gasteiger charge is 2.44. The van der Waals surface area contributed by atoms with Gasteiger partial charge >= 0.3 is 11.9 Å². The molecule has 2 aliphatic heterocycles. The Morgan fingerprint density at radius 3 is 1.42 bits per heavy atom. The van der Waals surface area contributed by atoms with Gasteiger partial charge in [0.15, 0.2) is 0 Å². The molecule has 0 atom stereocenters. The topological polar surface area (TPSA) is 80.3 Å². The predicted octanol–water partition coefficient (Wildman–Crippen LogP) is 0.0774. The molecule has 0 aromatic heterocycles. The summed E-state index contributed by atoms with van der Waals surface area (Å²) in [5.41, 5.74) is -1.92. The average Bonchev–Trinajstić information content (AvgIpc) is 2.40. The first-order valence-corrected chi connectivity index (χ1v) is 6.04. The summed E-state index contributed by atoms with van der Waals surface area (Å²) in [6.07, 6.45) is 0. The Hall–Kier alpha value is -1.02. The van der Waals surface area contributed by atoms with Gasteiger partial charge in [0.05, 0.1) is 26.4 Å². The van der Waals surface area contributed by atoms with Gasteiger partial charge in [0.2, 0.25) is 0 Å². The summed E-state index contributed by atoms with van der Waals surface area (Å²) in [5.74, 6) is -1.30. The number of rotatable bonds is 2. The number of carbonyl (C=O) groups is 2. The zero-order chi connectivity index (χ0) is 13.9. The van der Waals surface area contributed by atoms with Gasteiger partial charge in [0.1, 0.15) is 24.4 Å². The maximum atomic E-state index is 12.0. The van der Waals surface area contributed by atoms with E-state index in [0.29, 0.717) is 0 Å². The van der Waals surface area contributed by atoms with E-state index in [9.17, 15) is 9.59 Å². The Balaban J connectivity index is 1.96. The van der Waals surface area contributed by atoms with Crippen molar-refractivity contribution in [3.63, 3.8) is 0 Å². The van der Waals surface area contributed by atoms with E-state index in [1.54, 1.807) is 13.8 Å². The SMILES string of the molecule is CC1(C(=O)OC(=O)C2(C)COCOC2)COCOC1. The molecule has 0 amide bonds. The van der Waals surface area contributed by atoms with Gasteiger partial charge in [-0.05, 0) is 13.8 Å². The lowest BCUT2D eigenvalue weighted by Crippen LogP contribution is -2.48. The molecule has 0 N–H and O–H groups in total. The molecule has 2 heterocycles. The zero-order valence-corrected chi connectivity index (χ0v) is 11.1. The van der Waals surface area contributed by atoms with Crippen molar-refractivity contribution in [1.29, 1.82) is 0 Å². The molecular weight excluding hydrogens is 256 g/mol. The van der Waals surface area contributed by atoms with Crippen molar-refractivity contribution in [2.75, 3.05) is 40.0 Å². The van der Waals surface area contributed by atoms with Crippen LogP contribution in [0.1, 0.15) is 13.8 Å². The molecule has 2 saturated heterocycles. The van der Waals surface area contributed by atoms with E-state index in [1.807, 2.05) is 0 Å². The van der Waals surface area contributed by atoms with Crippen LogP contribution in [0.2, 0.25) is 0 Å². The van der Waals surface area contributed by atoms with Crippen LogP contribution in [-0.2, 0) is 33.3 Å². The molecule has 2 rings (SSSR count). The van der Waals surface area contributed by atoms with Gasteiger partial charge in [0, 0.05) is 0 Å².